The molecule has 1 aromatic heterocycles. The fraction of sp³-hybridized carbons (Fsp3) is 0.294. The van der Waals surface area contributed by atoms with E-state index in [0.29, 0.717) is 18.3 Å². The fourth-order valence-corrected chi connectivity index (χ4v) is 1.91. The molecule has 0 radical (unpaired) electrons. The largest absolute Gasteiger partial charge is 0.493 e. The van der Waals surface area contributed by atoms with Crippen LogP contribution in [0.3, 0.4) is 0 Å². The molecule has 21 heavy (non-hydrogen) atoms. The maximum absolute atomic E-state index is 12.0. The van der Waals surface area contributed by atoms with Gasteiger partial charge in [-0.3, -0.25) is 0 Å². The van der Waals surface area contributed by atoms with E-state index in [2.05, 4.69) is 4.98 Å². The molecule has 4 heteroatoms. The van der Waals surface area contributed by atoms with Gasteiger partial charge in [-0.25, -0.2) is 9.78 Å². The summed E-state index contributed by atoms with van der Waals surface area (Å²) in [7, 11) is 0. The van der Waals surface area contributed by atoms with Crippen molar-refractivity contribution in [2.45, 2.75) is 19.4 Å². The van der Waals surface area contributed by atoms with Crippen molar-refractivity contribution in [3.8, 4) is 5.75 Å². The Bertz CT molecular complexity index is 608. The molecule has 0 atom stereocenters. The molecule has 0 bridgehead atoms. The van der Waals surface area contributed by atoms with Gasteiger partial charge < -0.3 is 9.47 Å². The van der Waals surface area contributed by atoms with Gasteiger partial charge in [-0.2, -0.15) is 0 Å². The molecule has 0 unspecified atom stereocenters. The Hall–Kier alpha value is -2.36. The van der Waals surface area contributed by atoms with Gasteiger partial charge in [0.05, 0.1) is 6.61 Å². The van der Waals surface area contributed by atoms with Crippen molar-refractivity contribution in [1.82, 2.24) is 4.98 Å². The first-order valence-corrected chi connectivity index (χ1v) is 7.11. The first-order chi connectivity index (χ1) is 10.3. The maximum Gasteiger partial charge on any atom is 0.357 e. The molecule has 1 heterocycles. The highest BCUT2D eigenvalue weighted by atomic mass is 16.5. The number of rotatable bonds is 6. The highest BCUT2D eigenvalue weighted by Crippen LogP contribution is 2.29. The Labute approximate surface area is 123 Å². The third kappa shape index (κ3) is 4.05. The number of aromatic nitrogens is 1. The number of benzene rings is 1. The molecule has 0 N–H and O–H groups in total. The number of hydrogen-bond donors (Lipinski definition) is 0. The normalized spacial score (nSPS) is 13.7. The molecule has 1 aliphatic carbocycles. The number of pyridine rings is 1. The van der Waals surface area contributed by atoms with Crippen LogP contribution >= 0.6 is 0 Å². The molecule has 2 aromatic rings. The van der Waals surface area contributed by atoms with Gasteiger partial charge in [0, 0.05) is 12.3 Å². The van der Waals surface area contributed by atoms with Crippen molar-refractivity contribution in [2.75, 3.05) is 6.61 Å². The summed E-state index contributed by atoms with van der Waals surface area (Å²) in [6.07, 6.45) is 4.04. The Kier molecular flexibility index (Phi) is 4.15. The summed E-state index contributed by atoms with van der Waals surface area (Å²) < 4.78 is 10.9. The summed E-state index contributed by atoms with van der Waals surface area (Å²) in [5.74, 6) is 0.908. The SMILES string of the molecule is O=C(OCc1ccccc1)c1cc(OCC2CC2)ccn1. The topological polar surface area (TPSA) is 48.4 Å². The Morgan fingerprint density at radius 2 is 2.00 bits per heavy atom. The first kappa shape index (κ1) is 13.6. The molecule has 0 spiro atoms. The fourth-order valence-electron chi connectivity index (χ4n) is 1.91. The van der Waals surface area contributed by atoms with Crippen molar-refractivity contribution in [2.24, 2.45) is 5.92 Å². The molecule has 1 aromatic carbocycles. The second-order valence-corrected chi connectivity index (χ2v) is 5.19. The van der Waals surface area contributed by atoms with Crippen LogP contribution in [-0.4, -0.2) is 17.6 Å². The predicted octanol–water partition coefficient (Wildman–Crippen LogP) is 3.23. The van der Waals surface area contributed by atoms with Crippen molar-refractivity contribution >= 4 is 5.97 Å². The zero-order chi connectivity index (χ0) is 14.5. The average Bonchev–Trinajstić information content (AvgIpc) is 3.36. The standard InChI is InChI=1S/C17H17NO3/c19-17(21-12-13-4-2-1-3-5-13)16-10-15(8-9-18-16)20-11-14-6-7-14/h1-5,8-10,14H,6-7,11-12H2. The molecular formula is C17H17NO3. The number of carbonyl (C=O) groups excluding carboxylic acids is 1. The lowest BCUT2D eigenvalue weighted by Gasteiger charge is -2.07. The summed E-state index contributed by atoms with van der Waals surface area (Å²) in [4.78, 5) is 16.0. The van der Waals surface area contributed by atoms with Crippen LogP contribution < -0.4 is 4.74 Å². The van der Waals surface area contributed by atoms with E-state index >= 15 is 0 Å². The molecule has 4 nitrogen and oxygen atoms in total. The van der Waals surface area contributed by atoms with E-state index in [0.717, 1.165) is 5.56 Å². The van der Waals surface area contributed by atoms with E-state index in [1.165, 1.54) is 12.8 Å². The third-order valence-corrected chi connectivity index (χ3v) is 3.34. The second-order valence-electron chi connectivity index (χ2n) is 5.19. The van der Waals surface area contributed by atoms with E-state index < -0.39 is 5.97 Å². The van der Waals surface area contributed by atoms with Gasteiger partial charge in [0.15, 0.2) is 5.69 Å². The minimum atomic E-state index is -0.435. The van der Waals surface area contributed by atoms with Crippen LogP contribution in [0, 0.1) is 5.92 Å². The van der Waals surface area contributed by atoms with Gasteiger partial charge in [-0.05, 0) is 30.4 Å². The Balaban J connectivity index is 1.57. The first-order valence-electron chi connectivity index (χ1n) is 7.11. The predicted molar refractivity (Wildman–Crippen MR) is 78.0 cm³/mol. The van der Waals surface area contributed by atoms with Crippen LogP contribution in [0.5, 0.6) is 5.75 Å². The second kappa shape index (κ2) is 6.39. The number of nitrogens with zero attached hydrogens (tertiary/aromatic N) is 1. The van der Waals surface area contributed by atoms with Crippen LogP contribution in [0.2, 0.25) is 0 Å². The summed E-state index contributed by atoms with van der Waals surface area (Å²) in [5, 5.41) is 0. The summed E-state index contributed by atoms with van der Waals surface area (Å²) in [5.41, 5.74) is 1.23. The zero-order valence-electron chi connectivity index (χ0n) is 11.7. The number of esters is 1. The van der Waals surface area contributed by atoms with Gasteiger partial charge in [-0.15, -0.1) is 0 Å². The van der Waals surface area contributed by atoms with Crippen LogP contribution in [0.1, 0.15) is 28.9 Å². The molecule has 3 rings (SSSR count). The number of hydrogen-bond acceptors (Lipinski definition) is 4. The lowest BCUT2D eigenvalue weighted by Crippen LogP contribution is -2.08. The quantitative estimate of drug-likeness (QED) is 0.764. The van der Waals surface area contributed by atoms with Gasteiger partial charge in [0.1, 0.15) is 12.4 Å². The summed E-state index contributed by atoms with van der Waals surface area (Å²) in [6, 6.07) is 13.0. The van der Waals surface area contributed by atoms with Crippen molar-refractivity contribution in [3.05, 3.63) is 59.9 Å². The summed E-state index contributed by atoms with van der Waals surface area (Å²) in [6.45, 7) is 0.955. The molecule has 1 fully saturated rings. The van der Waals surface area contributed by atoms with Gasteiger partial charge in [0.2, 0.25) is 0 Å². The third-order valence-electron chi connectivity index (χ3n) is 3.34. The van der Waals surface area contributed by atoms with E-state index in [1.807, 2.05) is 30.3 Å². The lowest BCUT2D eigenvalue weighted by atomic mass is 10.2. The van der Waals surface area contributed by atoms with E-state index in [-0.39, 0.29) is 12.3 Å². The molecule has 0 amide bonds. The zero-order valence-corrected chi connectivity index (χ0v) is 11.7. The average molecular weight is 283 g/mol. The van der Waals surface area contributed by atoms with Crippen LogP contribution in [0.15, 0.2) is 48.7 Å². The van der Waals surface area contributed by atoms with Crippen LogP contribution in [0.25, 0.3) is 0 Å². The van der Waals surface area contributed by atoms with Crippen molar-refractivity contribution in [3.63, 3.8) is 0 Å². The van der Waals surface area contributed by atoms with Gasteiger partial charge in [-0.1, -0.05) is 30.3 Å². The Morgan fingerprint density at radius 1 is 1.19 bits per heavy atom. The van der Waals surface area contributed by atoms with Crippen LogP contribution in [-0.2, 0) is 11.3 Å². The molecule has 0 saturated heterocycles. The molecule has 1 saturated carbocycles. The molecule has 0 aliphatic heterocycles. The monoisotopic (exact) mass is 283 g/mol. The lowest BCUT2D eigenvalue weighted by molar-refractivity contribution is 0.0465. The molecule has 108 valence electrons. The number of ether oxygens (including phenoxy) is 2. The smallest absolute Gasteiger partial charge is 0.357 e. The van der Waals surface area contributed by atoms with E-state index in [9.17, 15) is 4.79 Å². The summed E-state index contributed by atoms with van der Waals surface area (Å²) >= 11 is 0. The minimum absolute atomic E-state index is 0.245. The Morgan fingerprint density at radius 3 is 2.76 bits per heavy atom. The minimum Gasteiger partial charge on any atom is -0.493 e. The van der Waals surface area contributed by atoms with E-state index in [1.54, 1.807) is 18.3 Å². The number of carbonyl (C=O) groups is 1. The molecular weight excluding hydrogens is 266 g/mol. The van der Waals surface area contributed by atoms with Crippen molar-refractivity contribution in [1.29, 1.82) is 0 Å². The van der Waals surface area contributed by atoms with Gasteiger partial charge >= 0.3 is 5.97 Å². The highest BCUT2D eigenvalue weighted by Gasteiger charge is 2.22. The molecule has 1 aliphatic rings. The van der Waals surface area contributed by atoms with E-state index in [4.69, 9.17) is 9.47 Å². The maximum atomic E-state index is 12.0. The van der Waals surface area contributed by atoms with Gasteiger partial charge in [0.25, 0.3) is 0 Å². The highest BCUT2D eigenvalue weighted by molar-refractivity contribution is 5.87. The van der Waals surface area contributed by atoms with Crippen LogP contribution in [0.4, 0.5) is 0 Å². The van der Waals surface area contributed by atoms with Crippen molar-refractivity contribution < 1.29 is 14.3 Å².